The Balaban J connectivity index is 1.89. The molecule has 0 aliphatic rings. The maximum atomic E-state index is 13.0. The van der Waals surface area contributed by atoms with Gasteiger partial charge in [0, 0.05) is 10.6 Å². The van der Waals surface area contributed by atoms with E-state index in [1.165, 1.54) is 4.68 Å². The molecule has 0 unspecified atom stereocenters. The molecule has 1 amide bonds. The van der Waals surface area contributed by atoms with Crippen molar-refractivity contribution in [1.29, 1.82) is 0 Å². The molecule has 1 aromatic heterocycles. The molecule has 8 heteroatoms. The molecular formula is C25H26ClN3O4. The molecule has 1 N–H and O–H groups in total. The first-order valence-corrected chi connectivity index (χ1v) is 11.0. The number of nitrogens with zero attached hydrogens (tertiary/aromatic N) is 2. The normalized spacial score (nSPS) is 10.9. The number of rotatable bonds is 9. The maximum Gasteiger partial charge on any atom is 0.411 e. The average molecular weight is 468 g/mol. The zero-order chi connectivity index (χ0) is 23.6. The number of allylic oxidation sites excluding steroid dienone is 1. The second-order valence-corrected chi connectivity index (χ2v) is 7.66. The lowest BCUT2D eigenvalue weighted by Crippen LogP contribution is -2.28. The summed E-state index contributed by atoms with van der Waals surface area (Å²) in [5.74, 6) is 0.704. The third-order valence-electron chi connectivity index (χ3n) is 4.79. The average Bonchev–Trinajstić information content (AvgIpc) is 2.83. The van der Waals surface area contributed by atoms with Gasteiger partial charge < -0.3 is 9.47 Å². The van der Waals surface area contributed by atoms with Crippen LogP contribution < -0.4 is 15.6 Å². The van der Waals surface area contributed by atoms with E-state index in [0.717, 1.165) is 24.0 Å². The highest BCUT2D eigenvalue weighted by molar-refractivity contribution is 6.30. The third kappa shape index (κ3) is 6.95. The van der Waals surface area contributed by atoms with Gasteiger partial charge in [0.05, 0.1) is 26.0 Å². The number of ether oxygens (including phenoxy) is 2. The number of nitrogens with one attached hydrogen (secondary N) is 1. The molecule has 0 spiro atoms. The van der Waals surface area contributed by atoms with E-state index in [1.54, 1.807) is 37.4 Å². The first-order chi connectivity index (χ1) is 16.0. The van der Waals surface area contributed by atoms with Crippen molar-refractivity contribution in [3.05, 3.63) is 81.6 Å². The van der Waals surface area contributed by atoms with Crippen molar-refractivity contribution >= 4 is 29.5 Å². The molecule has 1 heterocycles. The summed E-state index contributed by atoms with van der Waals surface area (Å²) in [7, 11) is 1.59. The Hall–Kier alpha value is -3.58. The number of carbonyl (C=O) groups excluding carboxylic acids is 1. The summed E-state index contributed by atoms with van der Waals surface area (Å²) in [6, 6.07) is 16.2. The van der Waals surface area contributed by atoms with Gasteiger partial charge >= 0.3 is 6.09 Å². The SMILES string of the molecule is CCCCOC(=O)Nc1cc(-c2ccc(OC)cc2)nn(CC=Cc2ccc(Cl)cc2)c1=O. The van der Waals surface area contributed by atoms with E-state index in [2.05, 4.69) is 10.4 Å². The number of hydrogen-bond donors (Lipinski definition) is 1. The van der Waals surface area contributed by atoms with Gasteiger partial charge in [-0.3, -0.25) is 10.1 Å². The first-order valence-electron chi connectivity index (χ1n) is 10.6. The minimum atomic E-state index is -0.671. The van der Waals surface area contributed by atoms with Crippen molar-refractivity contribution in [2.75, 3.05) is 19.0 Å². The zero-order valence-electron chi connectivity index (χ0n) is 18.6. The monoisotopic (exact) mass is 467 g/mol. The molecule has 0 bridgehead atoms. The molecule has 172 valence electrons. The number of methoxy groups -OCH3 is 1. The van der Waals surface area contributed by atoms with Crippen LogP contribution in [0.15, 0.2) is 65.5 Å². The molecule has 0 aliphatic carbocycles. The molecule has 0 saturated heterocycles. The van der Waals surface area contributed by atoms with Crippen LogP contribution in [0, 0.1) is 0 Å². The molecule has 7 nitrogen and oxygen atoms in total. The van der Waals surface area contributed by atoms with E-state index in [1.807, 2.05) is 43.3 Å². The van der Waals surface area contributed by atoms with Crippen molar-refractivity contribution in [3.8, 4) is 17.0 Å². The molecular weight excluding hydrogens is 442 g/mol. The summed E-state index contributed by atoms with van der Waals surface area (Å²) < 4.78 is 11.7. The second kappa shape index (κ2) is 11.9. The Bertz CT molecular complexity index is 1160. The van der Waals surface area contributed by atoms with E-state index in [9.17, 15) is 9.59 Å². The van der Waals surface area contributed by atoms with Crippen LogP contribution in [0.3, 0.4) is 0 Å². The number of amides is 1. The number of halogens is 1. The smallest absolute Gasteiger partial charge is 0.411 e. The first kappa shape index (κ1) is 24.1. The van der Waals surface area contributed by atoms with Gasteiger partial charge in [-0.25, -0.2) is 9.48 Å². The van der Waals surface area contributed by atoms with E-state index in [4.69, 9.17) is 21.1 Å². The van der Waals surface area contributed by atoms with Crippen LogP contribution in [0.1, 0.15) is 25.3 Å². The topological polar surface area (TPSA) is 82.4 Å². The molecule has 0 saturated carbocycles. The Morgan fingerprint density at radius 1 is 1.15 bits per heavy atom. The molecule has 0 aliphatic heterocycles. The van der Waals surface area contributed by atoms with Gasteiger partial charge in [0.2, 0.25) is 0 Å². The van der Waals surface area contributed by atoms with Crippen molar-refractivity contribution in [1.82, 2.24) is 9.78 Å². The number of aromatic nitrogens is 2. The van der Waals surface area contributed by atoms with Gasteiger partial charge in [-0.1, -0.05) is 49.2 Å². The van der Waals surface area contributed by atoms with Gasteiger partial charge in [-0.05, 0) is 54.4 Å². The number of anilines is 1. The highest BCUT2D eigenvalue weighted by Crippen LogP contribution is 2.22. The molecule has 0 radical (unpaired) electrons. The van der Waals surface area contributed by atoms with Crippen LogP contribution in [0.25, 0.3) is 17.3 Å². The minimum absolute atomic E-state index is 0.0946. The Morgan fingerprint density at radius 3 is 2.55 bits per heavy atom. The van der Waals surface area contributed by atoms with Gasteiger partial charge in [-0.2, -0.15) is 5.10 Å². The summed E-state index contributed by atoms with van der Waals surface area (Å²) in [6.45, 7) is 2.50. The molecule has 0 fully saturated rings. The minimum Gasteiger partial charge on any atom is -0.497 e. The van der Waals surface area contributed by atoms with Crippen molar-refractivity contribution in [2.24, 2.45) is 0 Å². The quantitative estimate of drug-likeness (QED) is 0.412. The van der Waals surface area contributed by atoms with E-state index >= 15 is 0 Å². The highest BCUT2D eigenvalue weighted by Gasteiger charge is 2.13. The summed E-state index contributed by atoms with van der Waals surface area (Å²) in [6.07, 6.45) is 4.67. The molecule has 33 heavy (non-hydrogen) atoms. The zero-order valence-corrected chi connectivity index (χ0v) is 19.3. The van der Waals surface area contributed by atoms with Crippen molar-refractivity contribution in [3.63, 3.8) is 0 Å². The molecule has 3 rings (SSSR count). The van der Waals surface area contributed by atoms with Crippen LogP contribution >= 0.6 is 11.6 Å². The Labute approximate surface area is 197 Å². The standard InChI is InChI=1S/C25H26ClN3O4/c1-3-4-16-33-25(31)27-23-17-22(19-9-13-21(32-2)14-10-19)28-29(24(23)30)15-5-6-18-7-11-20(26)12-8-18/h5-14,17H,3-4,15-16H2,1-2H3,(H,27,31). The molecule has 2 aromatic carbocycles. The summed E-state index contributed by atoms with van der Waals surface area (Å²) in [4.78, 5) is 25.1. The van der Waals surface area contributed by atoms with Crippen LogP contribution in [-0.2, 0) is 11.3 Å². The number of benzene rings is 2. The second-order valence-electron chi connectivity index (χ2n) is 7.23. The summed E-state index contributed by atoms with van der Waals surface area (Å²) >= 11 is 5.92. The van der Waals surface area contributed by atoms with Crippen molar-refractivity contribution < 1.29 is 14.3 Å². The third-order valence-corrected chi connectivity index (χ3v) is 5.04. The Morgan fingerprint density at radius 2 is 1.88 bits per heavy atom. The lowest BCUT2D eigenvalue weighted by Gasteiger charge is -2.11. The Kier molecular flexibility index (Phi) is 8.66. The number of carbonyl (C=O) groups is 1. The van der Waals surface area contributed by atoms with E-state index in [0.29, 0.717) is 16.5 Å². The van der Waals surface area contributed by atoms with Crippen LogP contribution in [0.5, 0.6) is 5.75 Å². The predicted octanol–water partition coefficient (Wildman–Crippen LogP) is 5.63. The largest absolute Gasteiger partial charge is 0.497 e. The molecule has 3 aromatic rings. The fraction of sp³-hybridized carbons (Fsp3) is 0.240. The lowest BCUT2D eigenvalue weighted by atomic mass is 10.1. The van der Waals surface area contributed by atoms with Crippen LogP contribution in [-0.4, -0.2) is 29.6 Å². The van der Waals surface area contributed by atoms with Crippen LogP contribution in [0.4, 0.5) is 10.5 Å². The van der Waals surface area contributed by atoms with Crippen molar-refractivity contribution in [2.45, 2.75) is 26.3 Å². The van der Waals surface area contributed by atoms with Crippen LogP contribution in [0.2, 0.25) is 5.02 Å². The lowest BCUT2D eigenvalue weighted by molar-refractivity contribution is 0.160. The van der Waals surface area contributed by atoms with E-state index in [-0.39, 0.29) is 18.8 Å². The fourth-order valence-electron chi connectivity index (χ4n) is 2.98. The molecule has 0 atom stereocenters. The number of unbranched alkanes of at least 4 members (excludes halogenated alkanes) is 1. The predicted molar refractivity (Wildman–Crippen MR) is 131 cm³/mol. The van der Waals surface area contributed by atoms with Gasteiger partial charge in [0.25, 0.3) is 5.56 Å². The maximum absolute atomic E-state index is 13.0. The summed E-state index contributed by atoms with van der Waals surface area (Å²) in [5.41, 5.74) is 1.91. The number of hydrogen-bond acceptors (Lipinski definition) is 5. The highest BCUT2D eigenvalue weighted by atomic mass is 35.5. The van der Waals surface area contributed by atoms with Gasteiger partial charge in [0.15, 0.2) is 0 Å². The van der Waals surface area contributed by atoms with Gasteiger partial charge in [0.1, 0.15) is 11.4 Å². The summed E-state index contributed by atoms with van der Waals surface area (Å²) in [5, 5.41) is 7.70. The fourth-order valence-corrected chi connectivity index (χ4v) is 3.10. The van der Waals surface area contributed by atoms with Gasteiger partial charge in [-0.15, -0.1) is 0 Å². The van der Waals surface area contributed by atoms with E-state index < -0.39 is 11.7 Å².